The van der Waals surface area contributed by atoms with Gasteiger partial charge in [-0.05, 0) is 18.9 Å². The highest BCUT2D eigenvalue weighted by molar-refractivity contribution is 7.90. The highest BCUT2D eigenvalue weighted by Crippen LogP contribution is 2.50. The summed E-state index contributed by atoms with van der Waals surface area (Å²) in [5.41, 5.74) is -2.63. The van der Waals surface area contributed by atoms with Gasteiger partial charge >= 0.3 is 6.18 Å². The van der Waals surface area contributed by atoms with Gasteiger partial charge in [-0.1, -0.05) is 12.8 Å². The van der Waals surface area contributed by atoms with Crippen LogP contribution in [0.15, 0.2) is 17.3 Å². The molecule has 1 aromatic heterocycles. The second-order valence-electron chi connectivity index (χ2n) is 5.01. The van der Waals surface area contributed by atoms with Crippen LogP contribution in [-0.2, 0) is 21.9 Å². The van der Waals surface area contributed by atoms with Gasteiger partial charge in [-0.3, -0.25) is 9.48 Å². The van der Waals surface area contributed by atoms with E-state index in [-0.39, 0.29) is 17.9 Å². The van der Waals surface area contributed by atoms with Gasteiger partial charge in [0.1, 0.15) is 5.41 Å². The van der Waals surface area contributed by atoms with Crippen LogP contribution in [-0.4, -0.2) is 30.3 Å². The normalized spacial score (nSPS) is 18.7. The van der Waals surface area contributed by atoms with Gasteiger partial charge < -0.3 is 0 Å². The molecule has 1 saturated carbocycles. The van der Waals surface area contributed by atoms with E-state index in [9.17, 15) is 26.4 Å². The number of nitrogens with one attached hydrogen (secondary N) is 1. The Labute approximate surface area is 119 Å². The maximum Gasteiger partial charge on any atom is 0.403 e. The fourth-order valence-electron chi connectivity index (χ4n) is 2.52. The Bertz CT molecular complexity index is 645. The molecule has 10 heteroatoms. The van der Waals surface area contributed by atoms with Gasteiger partial charge in [0, 0.05) is 7.05 Å². The van der Waals surface area contributed by atoms with Crippen molar-refractivity contribution in [2.24, 2.45) is 12.5 Å². The zero-order valence-electron chi connectivity index (χ0n) is 11.1. The lowest BCUT2D eigenvalue weighted by Gasteiger charge is -2.29. The quantitative estimate of drug-likeness (QED) is 0.909. The summed E-state index contributed by atoms with van der Waals surface area (Å²) in [5, 5.41) is 3.25. The summed E-state index contributed by atoms with van der Waals surface area (Å²) in [6.07, 6.45) is -3.94. The maximum atomic E-state index is 13.2. The van der Waals surface area contributed by atoms with Gasteiger partial charge in [0.25, 0.3) is 10.0 Å². The lowest BCUT2D eigenvalue weighted by molar-refractivity contribution is -0.219. The molecule has 1 amide bonds. The number of carbonyl (C=O) groups is 1. The van der Waals surface area contributed by atoms with Crippen LogP contribution in [0, 0.1) is 5.41 Å². The molecule has 1 fully saturated rings. The van der Waals surface area contributed by atoms with E-state index in [1.165, 1.54) is 13.2 Å². The van der Waals surface area contributed by atoms with Crippen molar-refractivity contribution in [1.82, 2.24) is 14.5 Å². The fourth-order valence-corrected chi connectivity index (χ4v) is 3.69. The first-order chi connectivity index (χ1) is 9.60. The van der Waals surface area contributed by atoms with E-state index in [1.54, 1.807) is 4.72 Å². The number of carbonyl (C=O) groups excluding carboxylic acids is 1. The minimum absolute atomic E-state index is 0.235. The number of aryl methyl sites for hydroxylation is 1. The number of sulfonamides is 1. The number of aromatic nitrogens is 2. The summed E-state index contributed by atoms with van der Waals surface area (Å²) in [5.74, 6) is -1.52. The number of alkyl halides is 3. The Hall–Kier alpha value is -1.58. The lowest BCUT2D eigenvalue weighted by atomic mass is 9.85. The van der Waals surface area contributed by atoms with Crippen molar-refractivity contribution >= 4 is 15.9 Å². The molecule has 21 heavy (non-hydrogen) atoms. The van der Waals surface area contributed by atoms with Crippen LogP contribution in [0.2, 0.25) is 0 Å². The SMILES string of the molecule is Cn1nccc1S(=O)(=O)NC(=O)C1(C(F)(F)F)CCCC1. The van der Waals surface area contributed by atoms with E-state index < -0.39 is 40.4 Å². The number of rotatable bonds is 3. The lowest BCUT2D eigenvalue weighted by Crippen LogP contribution is -2.50. The van der Waals surface area contributed by atoms with Gasteiger partial charge in [-0.15, -0.1) is 0 Å². The van der Waals surface area contributed by atoms with Gasteiger partial charge in [0.15, 0.2) is 5.03 Å². The van der Waals surface area contributed by atoms with Crippen molar-refractivity contribution in [2.75, 3.05) is 0 Å². The summed E-state index contributed by atoms with van der Waals surface area (Å²) < 4.78 is 66.1. The summed E-state index contributed by atoms with van der Waals surface area (Å²) >= 11 is 0. The molecule has 0 saturated heterocycles. The molecule has 0 unspecified atom stereocenters. The van der Waals surface area contributed by atoms with Crippen LogP contribution in [0.5, 0.6) is 0 Å². The average molecular weight is 325 g/mol. The smallest absolute Gasteiger partial charge is 0.273 e. The largest absolute Gasteiger partial charge is 0.403 e. The van der Waals surface area contributed by atoms with Crippen molar-refractivity contribution in [3.63, 3.8) is 0 Å². The third kappa shape index (κ3) is 2.63. The summed E-state index contributed by atoms with van der Waals surface area (Å²) in [7, 11) is -3.07. The van der Waals surface area contributed by atoms with E-state index in [0.29, 0.717) is 0 Å². The fraction of sp³-hybridized carbons (Fsp3) is 0.636. The number of amides is 1. The van der Waals surface area contributed by atoms with Gasteiger partial charge in [0.05, 0.1) is 6.20 Å². The minimum atomic E-state index is -4.78. The number of hydrogen-bond donors (Lipinski definition) is 1. The van der Waals surface area contributed by atoms with Crippen LogP contribution in [0.1, 0.15) is 25.7 Å². The van der Waals surface area contributed by atoms with E-state index in [4.69, 9.17) is 0 Å². The van der Waals surface area contributed by atoms with E-state index in [0.717, 1.165) is 10.7 Å². The Morgan fingerprint density at radius 2 is 1.95 bits per heavy atom. The van der Waals surface area contributed by atoms with Crippen LogP contribution in [0.3, 0.4) is 0 Å². The second kappa shape index (κ2) is 5.00. The zero-order chi connectivity index (χ0) is 15.9. The molecule has 0 spiro atoms. The first kappa shape index (κ1) is 15.8. The van der Waals surface area contributed by atoms with Gasteiger partial charge in [-0.25, -0.2) is 4.72 Å². The predicted molar refractivity (Wildman–Crippen MR) is 65.5 cm³/mol. The molecule has 1 aromatic rings. The van der Waals surface area contributed by atoms with E-state index in [2.05, 4.69) is 5.10 Å². The topological polar surface area (TPSA) is 81.1 Å². The highest BCUT2D eigenvalue weighted by atomic mass is 32.2. The molecule has 1 heterocycles. The maximum absolute atomic E-state index is 13.2. The van der Waals surface area contributed by atoms with E-state index in [1.807, 2.05) is 0 Å². The van der Waals surface area contributed by atoms with Crippen molar-refractivity contribution in [3.8, 4) is 0 Å². The Kier molecular flexibility index (Phi) is 3.77. The van der Waals surface area contributed by atoms with Crippen LogP contribution >= 0.6 is 0 Å². The number of hydrogen-bond acceptors (Lipinski definition) is 4. The molecule has 0 aliphatic heterocycles. The molecular formula is C11H14F3N3O3S. The number of halogens is 3. The van der Waals surface area contributed by atoms with Crippen LogP contribution in [0.4, 0.5) is 13.2 Å². The molecule has 2 rings (SSSR count). The molecule has 1 aliphatic rings. The number of nitrogens with zero attached hydrogens (tertiary/aromatic N) is 2. The first-order valence-corrected chi connectivity index (χ1v) is 7.70. The van der Waals surface area contributed by atoms with Crippen molar-refractivity contribution in [2.45, 2.75) is 36.9 Å². The zero-order valence-corrected chi connectivity index (χ0v) is 12.0. The molecule has 0 bridgehead atoms. The minimum Gasteiger partial charge on any atom is -0.273 e. The molecule has 6 nitrogen and oxygen atoms in total. The molecule has 0 aromatic carbocycles. The molecule has 0 atom stereocenters. The summed E-state index contributed by atoms with van der Waals surface area (Å²) in [4.78, 5) is 12.0. The predicted octanol–water partition coefficient (Wildman–Crippen LogP) is 1.35. The summed E-state index contributed by atoms with van der Waals surface area (Å²) in [6, 6.07) is 1.10. The van der Waals surface area contributed by atoms with Crippen LogP contribution in [0.25, 0.3) is 0 Å². The van der Waals surface area contributed by atoms with Crippen LogP contribution < -0.4 is 4.72 Å². The highest BCUT2D eigenvalue weighted by Gasteiger charge is 2.61. The second-order valence-corrected chi connectivity index (χ2v) is 6.64. The molecule has 0 radical (unpaired) electrons. The first-order valence-electron chi connectivity index (χ1n) is 6.22. The Balaban J connectivity index is 2.31. The van der Waals surface area contributed by atoms with Gasteiger partial charge in [0.2, 0.25) is 5.91 Å². The standard InChI is InChI=1S/C11H14F3N3O3S/c1-17-8(4-7-15-17)21(19,20)16-9(18)10(11(12,13)14)5-2-3-6-10/h4,7H,2-3,5-6H2,1H3,(H,16,18). The van der Waals surface area contributed by atoms with Crippen molar-refractivity contribution < 1.29 is 26.4 Å². The third-order valence-corrected chi connectivity index (χ3v) is 5.12. The van der Waals surface area contributed by atoms with Crippen molar-refractivity contribution in [1.29, 1.82) is 0 Å². The molecular weight excluding hydrogens is 311 g/mol. The van der Waals surface area contributed by atoms with E-state index >= 15 is 0 Å². The Morgan fingerprint density at radius 3 is 2.38 bits per heavy atom. The molecule has 1 N–H and O–H groups in total. The summed E-state index contributed by atoms with van der Waals surface area (Å²) in [6.45, 7) is 0. The molecule has 1 aliphatic carbocycles. The van der Waals surface area contributed by atoms with Crippen molar-refractivity contribution in [3.05, 3.63) is 12.3 Å². The van der Waals surface area contributed by atoms with Gasteiger partial charge in [-0.2, -0.15) is 26.7 Å². The third-order valence-electron chi connectivity index (χ3n) is 3.71. The molecule has 118 valence electrons. The Morgan fingerprint density at radius 1 is 1.38 bits per heavy atom. The monoisotopic (exact) mass is 325 g/mol. The average Bonchev–Trinajstić information content (AvgIpc) is 2.95.